The molecule has 186 valence electrons. The van der Waals surface area contributed by atoms with Crippen LogP contribution < -0.4 is 4.74 Å². The van der Waals surface area contributed by atoms with Gasteiger partial charge in [-0.3, -0.25) is 0 Å². The molecule has 0 bridgehead atoms. The summed E-state index contributed by atoms with van der Waals surface area (Å²) in [5.74, 6) is -2.91. The molecule has 0 radical (unpaired) electrons. The largest absolute Gasteiger partial charge is 0.422 e. The van der Waals surface area contributed by atoms with E-state index in [0.29, 0.717) is 18.9 Å². The Labute approximate surface area is 198 Å². The summed E-state index contributed by atoms with van der Waals surface area (Å²) in [6, 6.07) is 8.70. The van der Waals surface area contributed by atoms with Crippen LogP contribution in [0.2, 0.25) is 0 Å². The van der Waals surface area contributed by atoms with E-state index in [0.717, 1.165) is 56.6 Å². The van der Waals surface area contributed by atoms with Gasteiger partial charge in [0.05, 0.1) is 18.3 Å². The van der Waals surface area contributed by atoms with Gasteiger partial charge in [-0.15, -0.1) is 0 Å². The molecule has 0 spiro atoms. The number of hydrogen-bond acceptors (Lipinski definition) is 3. The maximum absolute atomic E-state index is 15.2. The van der Waals surface area contributed by atoms with E-state index in [9.17, 15) is 18.0 Å². The maximum Gasteiger partial charge on any atom is 0.422 e. The van der Waals surface area contributed by atoms with Crippen LogP contribution >= 0.6 is 0 Å². The highest BCUT2D eigenvalue weighted by molar-refractivity contribution is 5.91. The van der Waals surface area contributed by atoms with Gasteiger partial charge < -0.3 is 9.47 Å². The molecule has 2 aromatic rings. The van der Waals surface area contributed by atoms with Gasteiger partial charge in [0.1, 0.15) is 17.1 Å². The van der Waals surface area contributed by atoms with E-state index in [1.807, 2.05) is 6.92 Å². The van der Waals surface area contributed by atoms with Crippen LogP contribution in [0.25, 0.3) is 0 Å². The third-order valence-electron chi connectivity index (χ3n) is 6.28. The Hall–Kier alpha value is -2.41. The first-order chi connectivity index (χ1) is 16.2. The van der Waals surface area contributed by atoms with E-state index in [1.165, 1.54) is 18.2 Å². The summed E-state index contributed by atoms with van der Waals surface area (Å²) in [7, 11) is 0. The molecular weight excluding hydrogens is 448 g/mol. The average Bonchev–Trinajstić information content (AvgIpc) is 2.80. The molecular formula is C27H32F4O3. The topological polar surface area (TPSA) is 35.5 Å². The number of halogens is 4. The third kappa shape index (κ3) is 6.59. The fraction of sp³-hybridized carbons (Fsp3) is 0.519. The highest BCUT2D eigenvalue weighted by Gasteiger charge is 2.41. The molecule has 2 atom stereocenters. The second-order valence-electron chi connectivity index (χ2n) is 8.94. The van der Waals surface area contributed by atoms with Crippen molar-refractivity contribution in [3.05, 3.63) is 64.5 Å². The fourth-order valence-corrected chi connectivity index (χ4v) is 4.39. The van der Waals surface area contributed by atoms with Crippen LogP contribution in [-0.2, 0) is 17.3 Å². The van der Waals surface area contributed by atoms with E-state index in [1.54, 1.807) is 12.1 Å². The maximum atomic E-state index is 15.2. The van der Waals surface area contributed by atoms with Crippen molar-refractivity contribution in [3.8, 4) is 5.75 Å². The number of carbonyl (C=O) groups is 1. The van der Waals surface area contributed by atoms with Gasteiger partial charge in [0.25, 0.3) is 0 Å². The highest BCUT2D eigenvalue weighted by atomic mass is 19.4. The minimum Gasteiger partial charge on any atom is -0.422 e. The average molecular weight is 481 g/mol. The number of ether oxygens (including phenoxy) is 2. The summed E-state index contributed by atoms with van der Waals surface area (Å²) in [6.07, 6.45) is 1.53. The molecule has 0 saturated carbocycles. The van der Waals surface area contributed by atoms with E-state index >= 15 is 4.39 Å². The van der Waals surface area contributed by atoms with Crippen molar-refractivity contribution >= 4 is 5.97 Å². The molecule has 3 nitrogen and oxygen atoms in total. The summed E-state index contributed by atoms with van der Waals surface area (Å²) >= 11 is 0. The number of unbranched alkanes of at least 4 members (excludes halogenated alkanes) is 2. The Kier molecular flexibility index (Phi) is 9.11. The van der Waals surface area contributed by atoms with Gasteiger partial charge in [-0.25, -0.2) is 9.18 Å². The van der Waals surface area contributed by atoms with Gasteiger partial charge in [0.15, 0.2) is 0 Å². The van der Waals surface area contributed by atoms with Gasteiger partial charge in [0, 0.05) is 5.56 Å². The zero-order valence-corrected chi connectivity index (χ0v) is 19.7. The van der Waals surface area contributed by atoms with Crippen LogP contribution in [0.5, 0.6) is 5.75 Å². The summed E-state index contributed by atoms with van der Waals surface area (Å²) in [5.41, 5.74) is -0.620. The lowest BCUT2D eigenvalue weighted by Gasteiger charge is -2.30. The lowest BCUT2D eigenvalue weighted by atomic mass is 9.90. The Morgan fingerprint density at radius 3 is 2.35 bits per heavy atom. The van der Waals surface area contributed by atoms with Crippen molar-refractivity contribution in [3.63, 3.8) is 0 Å². The predicted molar refractivity (Wildman–Crippen MR) is 122 cm³/mol. The van der Waals surface area contributed by atoms with Crippen molar-refractivity contribution in [1.29, 1.82) is 0 Å². The molecule has 34 heavy (non-hydrogen) atoms. The molecule has 3 rings (SSSR count). The molecule has 2 unspecified atom stereocenters. The van der Waals surface area contributed by atoms with Crippen molar-refractivity contribution in [2.24, 2.45) is 5.92 Å². The Balaban J connectivity index is 1.77. The summed E-state index contributed by atoms with van der Waals surface area (Å²) in [4.78, 5) is 12.5. The number of carbonyl (C=O) groups excluding carboxylic acids is 1. The smallest absolute Gasteiger partial charge is 0.422 e. The molecule has 0 aliphatic carbocycles. The molecule has 1 heterocycles. The second-order valence-corrected chi connectivity index (χ2v) is 8.94. The third-order valence-corrected chi connectivity index (χ3v) is 6.28. The van der Waals surface area contributed by atoms with E-state index in [-0.39, 0.29) is 11.1 Å². The molecule has 1 aliphatic rings. The van der Waals surface area contributed by atoms with Crippen LogP contribution in [0, 0.1) is 11.7 Å². The normalized spacial score (nSPS) is 18.6. The monoisotopic (exact) mass is 480 g/mol. The van der Waals surface area contributed by atoms with E-state index in [4.69, 9.17) is 9.47 Å². The Bertz CT molecular complexity index is 946. The van der Waals surface area contributed by atoms with Crippen LogP contribution in [0.15, 0.2) is 36.4 Å². The minimum atomic E-state index is -5.03. The van der Waals surface area contributed by atoms with Crippen molar-refractivity contribution in [2.75, 3.05) is 6.61 Å². The van der Waals surface area contributed by atoms with Gasteiger partial charge in [-0.05, 0) is 61.4 Å². The standard InChI is InChI=1S/C27H32F4O3/c1-3-5-6-8-19-11-15-22(33-17-19)21-14-16-23(24(25(21)28)27(29,30)31)34-26(32)20-12-9-18(7-4-2)10-13-20/h9-10,12-14,16,19,22H,3-8,11,15,17H2,1-2H3. The zero-order chi connectivity index (χ0) is 24.7. The number of hydrogen-bond donors (Lipinski definition) is 0. The van der Waals surface area contributed by atoms with Crippen LogP contribution in [0.4, 0.5) is 17.6 Å². The lowest BCUT2D eigenvalue weighted by Crippen LogP contribution is -2.23. The number of benzene rings is 2. The molecule has 1 saturated heterocycles. The molecule has 7 heteroatoms. The van der Waals surface area contributed by atoms with Crippen molar-refractivity contribution < 1.29 is 31.8 Å². The summed E-state index contributed by atoms with van der Waals surface area (Å²) < 4.78 is 67.4. The minimum absolute atomic E-state index is 0.0993. The predicted octanol–water partition coefficient (Wildman–Crippen LogP) is 8.06. The fourth-order valence-electron chi connectivity index (χ4n) is 4.39. The zero-order valence-electron chi connectivity index (χ0n) is 19.7. The Morgan fingerprint density at radius 1 is 1.03 bits per heavy atom. The first-order valence-electron chi connectivity index (χ1n) is 12.1. The molecule has 2 aromatic carbocycles. The van der Waals surface area contributed by atoms with Gasteiger partial charge in [-0.1, -0.05) is 51.7 Å². The molecule has 1 aliphatic heterocycles. The molecule has 0 N–H and O–H groups in total. The quantitative estimate of drug-likeness (QED) is 0.158. The number of aryl methyl sites for hydroxylation is 1. The molecule has 0 amide bonds. The molecule has 1 fully saturated rings. The van der Waals surface area contributed by atoms with Crippen molar-refractivity contribution in [1.82, 2.24) is 0 Å². The Morgan fingerprint density at radius 2 is 1.76 bits per heavy atom. The molecule has 0 aromatic heterocycles. The van der Waals surface area contributed by atoms with Crippen LogP contribution in [0.1, 0.15) is 91.9 Å². The van der Waals surface area contributed by atoms with Gasteiger partial charge in [0.2, 0.25) is 0 Å². The first-order valence-corrected chi connectivity index (χ1v) is 12.1. The first kappa shape index (κ1) is 26.2. The number of rotatable bonds is 9. The SMILES string of the molecule is CCCCCC1CCC(c2ccc(OC(=O)c3ccc(CCC)cc3)c(C(F)(F)F)c2F)OC1. The summed E-state index contributed by atoms with van der Waals surface area (Å²) in [5, 5.41) is 0. The van der Waals surface area contributed by atoms with E-state index < -0.39 is 35.4 Å². The van der Waals surface area contributed by atoms with Gasteiger partial charge >= 0.3 is 12.1 Å². The highest BCUT2D eigenvalue weighted by Crippen LogP contribution is 2.43. The van der Waals surface area contributed by atoms with E-state index in [2.05, 4.69) is 6.92 Å². The number of alkyl halides is 3. The summed E-state index contributed by atoms with van der Waals surface area (Å²) in [6.45, 7) is 4.54. The van der Waals surface area contributed by atoms with Crippen LogP contribution in [-0.4, -0.2) is 12.6 Å². The number of esters is 1. The van der Waals surface area contributed by atoms with Gasteiger partial charge in [-0.2, -0.15) is 13.2 Å². The lowest BCUT2D eigenvalue weighted by molar-refractivity contribution is -0.141. The van der Waals surface area contributed by atoms with Crippen LogP contribution in [0.3, 0.4) is 0 Å². The van der Waals surface area contributed by atoms with Crippen molar-refractivity contribution in [2.45, 2.75) is 77.5 Å². The second kappa shape index (κ2) is 11.8.